The number of ketones is 1. The Kier molecular flexibility index (Phi) is 7.33. The molecule has 0 radical (unpaired) electrons. The van der Waals surface area contributed by atoms with Crippen molar-refractivity contribution in [3.05, 3.63) is 59.7 Å². The Hall–Kier alpha value is -3.61. The Morgan fingerprint density at radius 1 is 1.04 bits per heavy atom. The zero-order valence-electron chi connectivity index (χ0n) is 15.9. The van der Waals surface area contributed by atoms with Gasteiger partial charge in [0.2, 0.25) is 0 Å². The van der Waals surface area contributed by atoms with Gasteiger partial charge in [0.1, 0.15) is 11.5 Å². The maximum atomic E-state index is 11.9. The molecule has 146 valence electrons. The standard InChI is InChI=1S/C21H21NO6/c1-14(23)15-5-4-6-17(11-15)22-20(24)13-28-21(25)10-7-16-12-18(26-2)8-9-19(16)27-3/h4-12H,13H2,1-3H3,(H,22,24)/b10-7+. The predicted molar refractivity (Wildman–Crippen MR) is 105 cm³/mol. The number of benzene rings is 2. The average molecular weight is 383 g/mol. The van der Waals surface area contributed by atoms with Crippen molar-refractivity contribution in [1.29, 1.82) is 0 Å². The zero-order chi connectivity index (χ0) is 20.5. The summed E-state index contributed by atoms with van der Waals surface area (Å²) in [4.78, 5) is 35.2. The Morgan fingerprint density at radius 2 is 1.82 bits per heavy atom. The number of rotatable bonds is 8. The van der Waals surface area contributed by atoms with E-state index in [0.717, 1.165) is 0 Å². The van der Waals surface area contributed by atoms with E-state index in [4.69, 9.17) is 14.2 Å². The third-order valence-electron chi connectivity index (χ3n) is 3.73. The van der Waals surface area contributed by atoms with Gasteiger partial charge in [0.15, 0.2) is 12.4 Å². The minimum absolute atomic E-state index is 0.111. The van der Waals surface area contributed by atoms with E-state index in [1.807, 2.05) is 0 Å². The number of carbonyl (C=O) groups is 3. The molecule has 0 saturated carbocycles. The van der Waals surface area contributed by atoms with Gasteiger partial charge < -0.3 is 19.5 Å². The first-order valence-corrected chi connectivity index (χ1v) is 8.40. The molecule has 0 atom stereocenters. The molecule has 0 fully saturated rings. The lowest BCUT2D eigenvalue weighted by Gasteiger charge is -2.07. The number of Topliss-reactive ketones (excluding diaryl/α,β-unsaturated/α-hetero) is 1. The molecule has 0 bridgehead atoms. The summed E-state index contributed by atoms with van der Waals surface area (Å²) in [6.45, 7) is 0.981. The highest BCUT2D eigenvalue weighted by Gasteiger charge is 2.08. The quantitative estimate of drug-likeness (QED) is 0.428. The summed E-state index contributed by atoms with van der Waals surface area (Å²) in [6, 6.07) is 11.7. The number of carbonyl (C=O) groups excluding carboxylic acids is 3. The zero-order valence-corrected chi connectivity index (χ0v) is 15.9. The highest BCUT2D eigenvalue weighted by Crippen LogP contribution is 2.25. The third-order valence-corrected chi connectivity index (χ3v) is 3.73. The van der Waals surface area contributed by atoms with Crippen LogP contribution in [-0.4, -0.2) is 38.5 Å². The summed E-state index contributed by atoms with van der Waals surface area (Å²) in [7, 11) is 3.05. The van der Waals surface area contributed by atoms with E-state index in [2.05, 4.69) is 5.32 Å². The Bertz CT molecular complexity index is 904. The van der Waals surface area contributed by atoms with Crippen molar-refractivity contribution >= 4 is 29.4 Å². The van der Waals surface area contributed by atoms with Crippen molar-refractivity contribution in [2.24, 2.45) is 0 Å². The van der Waals surface area contributed by atoms with Crippen molar-refractivity contribution in [1.82, 2.24) is 0 Å². The van der Waals surface area contributed by atoms with Crippen molar-refractivity contribution in [3.63, 3.8) is 0 Å². The molecule has 28 heavy (non-hydrogen) atoms. The van der Waals surface area contributed by atoms with Crippen molar-refractivity contribution in [3.8, 4) is 11.5 Å². The minimum atomic E-state index is -0.683. The Labute approximate surface area is 162 Å². The molecule has 0 spiro atoms. The highest BCUT2D eigenvalue weighted by atomic mass is 16.5. The molecule has 7 heteroatoms. The first-order chi connectivity index (χ1) is 13.4. The molecule has 0 unspecified atom stereocenters. The average Bonchev–Trinajstić information content (AvgIpc) is 2.70. The second kappa shape index (κ2) is 9.91. The summed E-state index contributed by atoms with van der Waals surface area (Å²) >= 11 is 0. The van der Waals surface area contributed by atoms with Crippen LogP contribution in [0.3, 0.4) is 0 Å². The number of anilines is 1. The van der Waals surface area contributed by atoms with Crippen LogP contribution in [-0.2, 0) is 14.3 Å². The lowest BCUT2D eigenvalue weighted by molar-refractivity contribution is -0.142. The van der Waals surface area contributed by atoms with Gasteiger partial charge in [-0.05, 0) is 43.3 Å². The van der Waals surface area contributed by atoms with Crippen molar-refractivity contribution < 1.29 is 28.6 Å². The van der Waals surface area contributed by atoms with Gasteiger partial charge in [0.05, 0.1) is 14.2 Å². The molecule has 0 aliphatic rings. The third kappa shape index (κ3) is 5.98. The molecular weight excluding hydrogens is 362 g/mol. The number of hydrogen-bond donors (Lipinski definition) is 1. The minimum Gasteiger partial charge on any atom is -0.497 e. The van der Waals surface area contributed by atoms with E-state index in [9.17, 15) is 14.4 Å². The van der Waals surface area contributed by atoms with Gasteiger partial charge in [-0.25, -0.2) is 4.79 Å². The number of ether oxygens (including phenoxy) is 3. The lowest BCUT2D eigenvalue weighted by Crippen LogP contribution is -2.20. The number of amides is 1. The van der Waals surface area contributed by atoms with Crippen LogP contribution in [0.1, 0.15) is 22.8 Å². The van der Waals surface area contributed by atoms with Gasteiger partial charge in [-0.3, -0.25) is 9.59 Å². The van der Waals surface area contributed by atoms with Crippen LogP contribution in [0.4, 0.5) is 5.69 Å². The van der Waals surface area contributed by atoms with E-state index in [-0.39, 0.29) is 5.78 Å². The van der Waals surface area contributed by atoms with Gasteiger partial charge in [-0.1, -0.05) is 12.1 Å². The van der Waals surface area contributed by atoms with E-state index >= 15 is 0 Å². The molecule has 7 nitrogen and oxygen atoms in total. The predicted octanol–water partition coefficient (Wildman–Crippen LogP) is 3.10. The molecule has 0 heterocycles. The highest BCUT2D eigenvalue weighted by molar-refractivity contribution is 5.98. The monoisotopic (exact) mass is 383 g/mol. The summed E-state index contributed by atoms with van der Waals surface area (Å²) < 4.78 is 15.3. The lowest BCUT2D eigenvalue weighted by atomic mass is 10.1. The normalized spacial score (nSPS) is 10.4. The van der Waals surface area contributed by atoms with E-state index in [1.165, 1.54) is 33.3 Å². The number of esters is 1. The van der Waals surface area contributed by atoms with E-state index < -0.39 is 18.5 Å². The molecular formula is C21H21NO6. The van der Waals surface area contributed by atoms with Crippen LogP contribution in [0.25, 0.3) is 6.08 Å². The first-order valence-electron chi connectivity index (χ1n) is 8.40. The molecule has 1 amide bonds. The molecule has 0 saturated heterocycles. The van der Waals surface area contributed by atoms with Crippen LogP contribution in [0.5, 0.6) is 11.5 Å². The molecule has 2 rings (SSSR count). The summed E-state index contributed by atoms with van der Waals surface area (Å²) in [5, 5.41) is 2.57. The summed E-state index contributed by atoms with van der Waals surface area (Å²) in [5.41, 5.74) is 1.56. The largest absolute Gasteiger partial charge is 0.497 e. The van der Waals surface area contributed by atoms with Crippen molar-refractivity contribution in [2.75, 3.05) is 26.1 Å². The smallest absolute Gasteiger partial charge is 0.331 e. The number of nitrogens with one attached hydrogen (secondary N) is 1. The number of hydrogen-bond acceptors (Lipinski definition) is 6. The molecule has 2 aromatic carbocycles. The van der Waals surface area contributed by atoms with Crippen LogP contribution in [0, 0.1) is 0 Å². The maximum Gasteiger partial charge on any atom is 0.331 e. The topological polar surface area (TPSA) is 90.9 Å². The Morgan fingerprint density at radius 3 is 2.50 bits per heavy atom. The van der Waals surface area contributed by atoms with Gasteiger partial charge in [0, 0.05) is 22.9 Å². The molecule has 0 aliphatic heterocycles. The summed E-state index contributed by atoms with van der Waals surface area (Å²) in [6.07, 6.45) is 2.71. The Balaban J connectivity index is 1.91. The fourth-order valence-electron chi connectivity index (χ4n) is 2.33. The number of methoxy groups -OCH3 is 2. The summed E-state index contributed by atoms with van der Waals surface area (Å²) in [5.74, 6) is -0.131. The van der Waals surface area contributed by atoms with Gasteiger partial charge in [0.25, 0.3) is 5.91 Å². The van der Waals surface area contributed by atoms with Crippen molar-refractivity contribution in [2.45, 2.75) is 6.92 Å². The SMILES string of the molecule is COc1ccc(OC)c(/C=C/C(=O)OCC(=O)Nc2cccc(C(C)=O)c2)c1. The fourth-order valence-corrected chi connectivity index (χ4v) is 2.33. The fraction of sp³-hybridized carbons (Fsp3) is 0.190. The van der Waals surface area contributed by atoms with E-state index in [0.29, 0.717) is 28.3 Å². The van der Waals surface area contributed by atoms with Crippen LogP contribution < -0.4 is 14.8 Å². The maximum absolute atomic E-state index is 11.9. The van der Waals surface area contributed by atoms with Crippen LogP contribution in [0.15, 0.2) is 48.5 Å². The molecule has 0 aliphatic carbocycles. The molecule has 2 aromatic rings. The molecule has 0 aromatic heterocycles. The van der Waals surface area contributed by atoms with Crippen LogP contribution in [0.2, 0.25) is 0 Å². The van der Waals surface area contributed by atoms with Crippen LogP contribution >= 0.6 is 0 Å². The second-order valence-electron chi connectivity index (χ2n) is 5.73. The second-order valence-corrected chi connectivity index (χ2v) is 5.73. The molecule has 1 N–H and O–H groups in total. The van der Waals surface area contributed by atoms with Gasteiger partial charge in [-0.15, -0.1) is 0 Å². The van der Waals surface area contributed by atoms with E-state index in [1.54, 1.807) is 42.5 Å². The van der Waals surface area contributed by atoms with Gasteiger partial charge in [-0.2, -0.15) is 0 Å². The first kappa shape index (κ1) is 20.7. The van der Waals surface area contributed by atoms with Gasteiger partial charge >= 0.3 is 5.97 Å².